The molecule has 0 N–H and O–H groups in total. The maximum Gasteiger partial charge on any atom is 0.137 e. The lowest BCUT2D eigenvalue weighted by atomic mass is 9.70. The first-order chi connectivity index (χ1) is 30.3. The van der Waals surface area contributed by atoms with Crippen molar-refractivity contribution in [2.45, 2.75) is 5.41 Å². The molecule has 284 valence electrons. The minimum Gasteiger partial charge on any atom is -0.456 e. The molecule has 0 bridgehead atoms. The second-order valence-electron chi connectivity index (χ2n) is 16.4. The van der Waals surface area contributed by atoms with Gasteiger partial charge in [0.1, 0.15) is 11.2 Å². The third-order valence-electron chi connectivity index (χ3n) is 13.3. The van der Waals surface area contributed by atoms with Crippen LogP contribution in [0.25, 0.3) is 77.2 Å². The topological polar surface area (TPSA) is 16.4 Å². The van der Waals surface area contributed by atoms with Gasteiger partial charge in [-0.1, -0.05) is 176 Å². The molecular formula is C59H37NO. The van der Waals surface area contributed by atoms with Gasteiger partial charge in [-0.15, -0.1) is 0 Å². The maximum absolute atomic E-state index is 6.83. The van der Waals surface area contributed by atoms with Crippen LogP contribution in [0.15, 0.2) is 229 Å². The molecule has 0 saturated carbocycles. The molecule has 2 heteroatoms. The van der Waals surface area contributed by atoms with Gasteiger partial charge in [0.15, 0.2) is 0 Å². The largest absolute Gasteiger partial charge is 0.456 e. The maximum atomic E-state index is 6.83. The molecule has 0 atom stereocenters. The molecule has 11 aromatic rings. The molecule has 10 aromatic carbocycles. The van der Waals surface area contributed by atoms with Crippen molar-refractivity contribution in [2.75, 3.05) is 4.90 Å². The van der Waals surface area contributed by atoms with E-state index in [4.69, 9.17) is 4.42 Å². The molecule has 61 heavy (non-hydrogen) atoms. The predicted octanol–water partition coefficient (Wildman–Crippen LogP) is 15.9. The Bertz CT molecular complexity index is 3460. The summed E-state index contributed by atoms with van der Waals surface area (Å²) in [6.07, 6.45) is 0. The highest BCUT2D eigenvalue weighted by Crippen LogP contribution is 2.63. The van der Waals surface area contributed by atoms with Crippen molar-refractivity contribution in [1.82, 2.24) is 0 Å². The first-order valence-electron chi connectivity index (χ1n) is 21.1. The molecule has 1 heterocycles. The summed E-state index contributed by atoms with van der Waals surface area (Å²) in [4.78, 5) is 2.49. The molecule has 0 unspecified atom stereocenters. The van der Waals surface area contributed by atoms with Crippen LogP contribution in [-0.2, 0) is 5.41 Å². The third kappa shape index (κ3) is 4.85. The Labute approximate surface area is 354 Å². The lowest BCUT2D eigenvalue weighted by molar-refractivity contribution is 0.669. The Hall–Kier alpha value is -7.94. The van der Waals surface area contributed by atoms with Gasteiger partial charge >= 0.3 is 0 Å². The van der Waals surface area contributed by atoms with E-state index in [1.807, 2.05) is 0 Å². The molecule has 2 aliphatic rings. The van der Waals surface area contributed by atoms with Gasteiger partial charge in [0.25, 0.3) is 0 Å². The SMILES string of the molecule is c1ccc(-c2ccc(N(c3ccc4c(c3)C3(c5ccccc5-c5ccccc53)c3ccccc3-4)c3c(-c4ccccc4)ccc4oc5cc6ccccc6cc5c34)cc2)cc1. The number of rotatable bonds is 5. The Kier molecular flexibility index (Phi) is 7.26. The summed E-state index contributed by atoms with van der Waals surface area (Å²) in [6.45, 7) is 0. The fraction of sp³-hybridized carbons (Fsp3) is 0.0169. The predicted molar refractivity (Wildman–Crippen MR) is 253 cm³/mol. The number of nitrogens with zero attached hydrogens (tertiary/aromatic N) is 1. The Morgan fingerprint density at radius 1 is 0.328 bits per heavy atom. The van der Waals surface area contributed by atoms with E-state index in [0.29, 0.717) is 0 Å². The monoisotopic (exact) mass is 775 g/mol. The van der Waals surface area contributed by atoms with E-state index in [1.165, 1.54) is 61.0 Å². The molecule has 1 spiro atoms. The average Bonchev–Trinajstić information content (AvgIpc) is 3.95. The van der Waals surface area contributed by atoms with Gasteiger partial charge in [-0.2, -0.15) is 0 Å². The molecule has 0 amide bonds. The highest BCUT2D eigenvalue weighted by molar-refractivity contribution is 6.19. The van der Waals surface area contributed by atoms with E-state index in [2.05, 4.69) is 229 Å². The molecular weight excluding hydrogens is 739 g/mol. The molecule has 13 rings (SSSR count). The number of anilines is 3. The van der Waals surface area contributed by atoms with E-state index < -0.39 is 5.41 Å². The summed E-state index contributed by atoms with van der Waals surface area (Å²) in [7, 11) is 0. The number of benzene rings is 10. The minimum absolute atomic E-state index is 0.479. The zero-order valence-corrected chi connectivity index (χ0v) is 33.2. The van der Waals surface area contributed by atoms with Crippen LogP contribution < -0.4 is 4.90 Å². The van der Waals surface area contributed by atoms with Gasteiger partial charge < -0.3 is 9.32 Å². The van der Waals surface area contributed by atoms with Crippen molar-refractivity contribution in [3.05, 3.63) is 247 Å². The molecule has 1 aromatic heterocycles. The van der Waals surface area contributed by atoms with E-state index in [0.717, 1.165) is 55.5 Å². The fourth-order valence-corrected chi connectivity index (χ4v) is 10.7. The Balaban J connectivity index is 1.14. The second kappa shape index (κ2) is 13.0. The van der Waals surface area contributed by atoms with Gasteiger partial charge in [-0.05, 0) is 121 Å². The Morgan fingerprint density at radius 2 is 0.820 bits per heavy atom. The van der Waals surface area contributed by atoms with Gasteiger partial charge in [0.2, 0.25) is 0 Å². The number of furan rings is 1. The summed E-state index contributed by atoms with van der Waals surface area (Å²) < 4.78 is 6.83. The highest BCUT2D eigenvalue weighted by atomic mass is 16.3. The number of hydrogen-bond acceptors (Lipinski definition) is 2. The zero-order chi connectivity index (χ0) is 40.1. The van der Waals surface area contributed by atoms with Crippen LogP contribution in [0.2, 0.25) is 0 Å². The van der Waals surface area contributed by atoms with Gasteiger partial charge in [0, 0.05) is 22.3 Å². The van der Waals surface area contributed by atoms with Crippen LogP contribution in [0.5, 0.6) is 0 Å². The molecule has 0 fully saturated rings. The second-order valence-corrected chi connectivity index (χ2v) is 16.4. The van der Waals surface area contributed by atoms with Crippen LogP contribution >= 0.6 is 0 Å². The summed E-state index contributed by atoms with van der Waals surface area (Å²) in [5.41, 5.74) is 19.6. The Morgan fingerprint density at radius 3 is 1.46 bits per heavy atom. The first kappa shape index (κ1) is 34.0. The third-order valence-corrected chi connectivity index (χ3v) is 13.3. The van der Waals surface area contributed by atoms with Crippen molar-refractivity contribution in [3.63, 3.8) is 0 Å². The minimum atomic E-state index is -0.479. The fourth-order valence-electron chi connectivity index (χ4n) is 10.7. The quantitative estimate of drug-likeness (QED) is 0.173. The lowest BCUT2D eigenvalue weighted by Gasteiger charge is -2.33. The summed E-state index contributed by atoms with van der Waals surface area (Å²) in [6, 6.07) is 82.3. The zero-order valence-electron chi connectivity index (χ0n) is 33.2. The van der Waals surface area contributed by atoms with E-state index in [9.17, 15) is 0 Å². The number of fused-ring (bicyclic) bond motifs is 14. The van der Waals surface area contributed by atoms with E-state index in [-0.39, 0.29) is 0 Å². The molecule has 0 saturated heterocycles. The van der Waals surface area contributed by atoms with Crippen molar-refractivity contribution >= 4 is 49.8 Å². The standard InChI is InChI=1S/C59H37NO/c1-3-15-38(16-4-1)39-27-29-43(30-28-39)60(58-45(40-17-5-2-6-18-40)33-34-55-57(58)50-35-41-19-7-8-20-42(41)36-56(50)61-55)44-31-32-49-48-23-11-14-26-53(48)59(54(49)37-44)51-24-12-9-21-46(51)47-22-10-13-25-52(47)59/h1-37H. The van der Waals surface area contributed by atoms with E-state index >= 15 is 0 Å². The van der Waals surface area contributed by atoms with Crippen molar-refractivity contribution < 1.29 is 4.42 Å². The summed E-state index contributed by atoms with van der Waals surface area (Å²) >= 11 is 0. The molecule has 2 aliphatic carbocycles. The van der Waals surface area contributed by atoms with Gasteiger partial charge in [-0.3, -0.25) is 0 Å². The van der Waals surface area contributed by atoms with Crippen LogP contribution in [0, 0.1) is 0 Å². The van der Waals surface area contributed by atoms with Crippen molar-refractivity contribution in [1.29, 1.82) is 0 Å². The van der Waals surface area contributed by atoms with Gasteiger partial charge in [0.05, 0.1) is 16.5 Å². The summed E-state index contributed by atoms with van der Waals surface area (Å²) in [5, 5.41) is 4.52. The van der Waals surface area contributed by atoms with Crippen LogP contribution in [0.1, 0.15) is 22.3 Å². The van der Waals surface area contributed by atoms with Gasteiger partial charge in [-0.25, -0.2) is 0 Å². The lowest BCUT2D eigenvalue weighted by Crippen LogP contribution is -2.26. The normalized spacial score (nSPS) is 13.0. The molecule has 2 nitrogen and oxygen atoms in total. The van der Waals surface area contributed by atoms with Crippen LogP contribution in [-0.4, -0.2) is 0 Å². The highest BCUT2D eigenvalue weighted by Gasteiger charge is 2.51. The first-order valence-corrected chi connectivity index (χ1v) is 21.1. The molecule has 0 aliphatic heterocycles. The number of hydrogen-bond donors (Lipinski definition) is 0. The van der Waals surface area contributed by atoms with Crippen molar-refractivity contribution in [3.8, 4) is 44.5 Å². The van der Waals surface area contributed by atoms with Crippen LogP contribution in [0.3, 0.4) is 0 Å². The van der Waals surface area contributed by atoms with Crippen LogP contribution in [0.4, 0.5) is 17.1 Å². The average molecular weight is 776 g/mol. The molecule has 0 radical (unpaired) electrons. The van der Waals surface area contributed by atoms with E-state index in [1.54, 1.807) is 0 Å². The smallest absolute Gasteiger partial charge is 0.137 e. The summed E-state index contributed by atoms with van der Waals surface area (Å²) in [5.74, 6) is 0. The van der Waals surface area contributed by atoms with Crippen molar-refractivity contribution in [2.24, 2.45) is 0 Å².